The van der Waals surface area contributed by atoms with Crippen molar-refractivity contribution in [2.24, 2.45) is 23.2 Å². The molecule has 16 heavy (non-hydrogen) atoms. The Morgan fingerprint density at radius 3 is 1.50 bits per heavy atom. The summed E-state index contributed by atoms with van der Waals surface area (Å²) in [6.45, 7) is 3.87. The van der Waals surface area contributed by atoms with Crippen LogP contribution in [0.4, 0.5) is 26.3 Å². The summed E-state index contributed by atoms with van der Waals surface area (Å²) in [4.78, 5) is 0. The van der Waals surface area contributed by atoms with Gasteiger partial charge >= 0.3 is 12.4 Å². The summed E-state index contributed by atoms with van der Waals surface area (Å²) in [6.07, 6.45) is -10.6. The van der Waals surface area contributed by atoms with Crippen LogP contribution < -0.4 is 0 Å². The van der Waals surface area contributed by atoms with Gasteiger partial charge < -0.3 is 0 Å². The molecular weight excluding hydrogens is 234 g/mol. The average Bonchev–Trinajstić information content (AvgIpc) is 2.07. The van der Waals surface area contributed by atoms with Crippen molar-refractivity contribution in [3.05, 3.63) is 0 Å². The van der Waals surface area contributed by atoms with Gasteiger partial charge in [-0.3, -0.25) is 0 Å². The second-order valence-electron chi connectivity index (χ2n) is 4.53. The lowest BCUT2D eigenvalue weighted by atomic mass is 9.46. The van der Waals surface area contributed by atoms with E-state index in [0.29, 0.717) is 0 Å². The molecule has 1 fully saturated rings. The van der Waals surface area contributed by atoms with Crippen LogP contribution in [0.1, 0.15) is 27.2 Å². The molecule has 0 aromatic carbocycles. The van der Waals surface area contributed by atoms with Crippen molar-refractivity contribution in [1.29, 1.82) is 0 Å². The van der Waals surface area contributed by atoms with Crippen LogP contribution in [0, 0.1) is 23.2 Å². The zero-order valence-electron chi connectivity index (χ0n) is 9.21. The molecule has 1 saturated carbocycles. The second kappa shape index (κ2) is 3.53. The van der Waals surface area contributed by atoms with Gasteiger partial charge in [-0.15, -0.1) is 0 Å². The van der Waals surface area contributed by atoms with Gasteiger partial charge in [-0.25, -0.2) is 0 Å². The summed E-state index contributed by atoms with van der Waals surface area (Å²) in [5.41, 5.74) is -3.51. The Morgan fingerprint density at radius 2 is 1.31 bits per heavy atom. The Bertz CT molecular complexity index is 249. The lowest BCUT2D eigenvalue weighted by molar-refractivity contribution is -0.420. The van der Waals surface area contributed by atoms with Crippen LogP contribution in [-0.2, 0) is 0 Å². The summed E-state index contributed by atoms with van der Waals surface area (Å²) in [7, 11) is 0. The lowest BCUT2D eigenvalue weighted by Gasteiger charge is -2.60. The van der Waals surface area contributed by atoms with Crippen LogP contribution in [0.3, 0.4) is 0 Å². The van der Waals surface area contributed by atoms with Crippen molar-refractivity contribution >= 4 is 0 Å². The van der Waals surface area contributed by atoms with Gasteiger partial charge in [-0.05, 0) is 17.8 Å². The zero-order chi connectivity index (χ0) is 12.9. The Labute approximate surface area is 90.0 Å². The van der Waals surface area contributed by atoms with Gasteiger partial charge in [0.15, 0.2) is 5.41 Å². The highest BCUT2D eigenvalue weighted by atomic mass is 19.4. The summed E-state index contributed by atoms with van der Waals surface area (Å²) < 4.78 is 76.8. The van der Waals surface area contributed by atoms with E-state index < -0.39 is 35.5 Å². The van der Waals surface area contributed by atoms with E-state index in [9.17, 15) is 26.3 Å². The normalized spacial score (nSPS) is 34.7. The molecule has 0 N–H and O–H groups in total. The third-order valence-electron chi connectivity index (χ3n) is 4.10. The molecule has 0 radical (unpaired) electrons. The second-order valence-corrected chi connectivity index (χ2v) is 4.53. The maximum atomic E-state index is 12.8. The minimum atomic E-state index is -5.22. The summed E-state index contributed by atoms with van der Waals surface area (Å²) in [5, 5.41) is 0. The first kappa shape index (κ1) is 13.6. The van der Waals surface area contributed by atoms with Crippen molar-refractivity contribution < 1.29 is 26.3 Å². The van der Waals surface area contributed by atoms with Crippen LogP contribution >= 0.6 is 0 Å². The molecule has 0 bridgehead atoms. The van der Waals surface area contributed by atoms with Crippen LogP contribution in [0.2, 0.25) is 0 Å². The molecule has 0 spiro atoms. The van der Waals surface area contributed by atoms with Crippen molar-refractivity contribution in [2.45, 2.75) is 39.5 Å². The predicted octanol–water partition coefficient (Wildman–Crippen LogP) is 4.41. The van der Waals surface area contributed by atoms with Crippen LogP contribution in [0.15, 0.2) is 0 Å². The van der Waals surface area contributed by atoms with E-state index in [0.717, 1.165) is 6.92 Å². The van der Waals surface area contributed by atoms with E-state index in [2.05, 4.69) is 0 Å². The Kier molecular flexibility index (Phi) is 3.01. The number of hydrogen-bond donors (Lipinski definition) is 0. The van der Waals surface area contributed by atoms with Gasteiger partial charge in [-0.2, -0.15) is 26.3 Å². The maximum Gasteiger partial charge on any atom is 0.403 e. The van der Waals surface area contributed by atoms with Crippen LogP contribution in [0.25, 0.3) is 0 Å². The van der Waals surface area contributed by atoms with E-state index in [1.165, 1.54) is 13.8 Å². The fraction of sp³-hybridized carbons (Fsp3) is 1.00. The molecule has 1 aliphatic carbocycles. The molecule has 0 saturated heterocycles. The van der Waals surface area contributed by atoms with Crippen molar-refractivity contribution in [2.75, 3.05) is 0 Å². The van der Waals surface area contributed by atoms with Crippen LogP contribution in [-0.4, -0.2) is 12.4 Å². The van der Waals surface area contributed by atoms with Gasteiger partial charge in [0.2, 0.25) is 0 Å². The van der Waals surface area contributed by atoms with Crippen molar-refractivity contribution in [3.63, 3.8) is 0 Å². The Morgan fingerprint density at radius 1 is 0.938 bits per heavy atom. The number of halogens is 6. The SMILES string of the molecule is CCC1C(C)[C@H](C)C1(C(F)(F)F)C(F)(F)F. The maximum absolute atomic E-state index is 12.8. The molecule has 0 amide bonds. The minimum Gasteiger partial charge on any atom is -0.170 e. The molecule has 3 atom stereocenters. The monoisotopic (exact) mass is 248 g/mol. The molecule has 0 aliphatic heterocycles. The first-order valence-corrected chi connectivity index (χ1v) is 5.15. The number of alkyl halides is 6. The highest BCUT2D eigenvalue weighted by Gasteiger charge is 2.82. The van der Waals surface area contributed by atoms with E-state index in [1.54, 1.807) is 0 Å². The number of rotatable bonds is 1. The molecule has 1 rings (SSSR count). The largest absolute Gasteiger partial charge is 0.403 e. The van der Waals surface area contributed by atoms with E-state index in [1.807, 2.05) is 0 Å². The Balaban J connectivity index is 3.27. The molecule has 0 heterocycles. The van der Waals surface area contributed by atoms with Gasteiger partial charge in [0.25, 0.3) is 0 Å². The Hall–Kier alpha value is -0.420. The smallest absolute Gasteiger partial charge is 0.170 e. The molecule has 0 aromatic rings. The summed E-state index contributed by atoms with van der Waals surface area (Å²) in [6, 6.07) is 0. The first-order chi connectivity index (χ1) is 7.01. The average molecular weight is 248 g/mol. The standard InChI is InChI=1S/C10H14F6/c1-4-7-5(2)6(3)8(7,9(11,12)13)10(14,15)16/h5-7H,4H2,1-3H3/t5?,6-,7?/m0/s1. The van der Waals surface area contributed by atoms with Gasteiger partial charge in [0, 0.05) is 0 Å². The number of hydrogen-bond acceptors (Lipinski definition) is 0. The quantitative estimate of drug-likeness (QED) is 0.603. The highest BCUT2D eigenvalue weighted by molar-refractivity contribution is 5.11. The van der Waals surface area contributed by atoms with E-state index in [4.69, 9.17) is 0 Å². The predicted molar refractivity (Wildman–Crippen MR) is 46.7 cm³/mol. The summed E-state index contributed by atoms with van der Waals surface area (Å²) >= 11 is 0. The molecule has 0 nitrogen and oxygen atoms in total. The summed E-state index contributed by atoms with van der Waals surface area (Å²) in [5.74, 6) is -3.31. The van der Waals surface area contributed by atoms with E-state index in [-0.39, 0.29) is 6.42 Å². The van der Waals surface area contributed by atoms with E-state index >= 15 is 0 Å². The van der Waals surface area contributed by atoms with Crippen LogP contribution in [0.5, 0.6) is 0 Å². The van der Waals surface area contributed by atoms with Gasteiger partial charge in [0.05, 0.1) is 0 Å². The third kappa shape index (κ3) is 1.37. The molecule has 6 heteroatoms. The van der Waals surface area contributed by atoms with Gasteiger partial charge in [0.1, 0.15) is 0 Å². The third-order valence-corrected chi connectivity index (χ3v) is 4.10. The zero-order valence-corrected chi connectivity index (χ0v) is 9.21. The molecule has 0 aromatic heterocycles. The molecular formula is C10H14F6. The molecule has 96 valence electrons. The van der Waals surface area contributed by atoms with Gasteiger partial charge in [-0.1, -0.05) is 27.2 Å². The highest BCUT2D eigenvalue weighted by Crippen LogP contribution is 2.70. The molecule has 1 aliphatic rings. The van der Waals surface area contributed by atoms with Crippen molar-refractivity contribution in [1.82, 2.24) is 0 Å². The first-order valence-electron chi connectivity index (χ1n) is 5.15. The fourth-order valence-corrected chi connectivity index (χ4v) is 3.19. The van der Waals surface area contributed by atoms with Crippen molar-refractivity contribution in [3.8, 4) is 0 Å². The topological polar surface area (TPSA) is 0 Å². The molecule has 2 unspecified atom stereocenters. The lowest BCUT2D eigenvalue weighted by Crippen LogP contribution is -2.69. The minimum absolute atomic E-state index is 0.107. The fourth-order valence-electron chi connectivity index (χ4n) is 3.19.